The molecular weight excluding hydrogens is 266 g/mol. The highest BCUT2D eigenvalue weighted by atomic mass is 16.5. The van der Waals surface area contributed by atoms with Crippen LogP contribution >= 0.6 is 0 Å². The monoisotopic (exact) mass is 287 g/mol. The van der Waals surface area contributed by atoms with E-state index in [1.165, 1.54) is 0 Å². The number of nitrogens with zero attached hydrogens (tertiary/aromatic N) is 1. The van der Waals surface area contributed by atoms with Crippen LogP contribution in [0, 0.1) is 0 Å². The topological polar surface area (TPSA) is 69.3 Å². The predicted octanol–water partition coefficient (Wildman–Crippen LogP) is 3.05. The number of nitrogens with two attached hydrogens (primary N) is 1. The van der Waals surface area contributed by atoms with Crippen molar-refractivity contribution in [2.45, 2.75) is 26.5 Å². The fourth-order valence-electron chi connectivity index (χ4n) is 2.22. The number of hydrogen-bond acceptors (Lipinski definition) is 3. The Balaban J connectivity index is 2.26. The number of rotatable bonds is 5. The quantitative estimate of drug-likeness (QED) is 0.888. The maximum absolute atomic E-state index is 12.5. The van der Waals surface area contributed by atoms with Crippen LogP contribution in [0.25, 0.3) is 0 Å². The van der Waals surface area contributed by atoms with Crippen LogP contribution in [0.3, 0.4) is 0 Å². The minimum atomic E-state index is -0.177. The standard InChI is InChI=1S/C16H21N3O2/c1-11(2)19-9-13(17)8-15(19)16(20)18-14-7-5-4-6-12(14)10-21-3/h4-9,11H,10,17H2,1-3H3,(H,18,20). The third-order valence-electron chi connectivity index (χ3n) is 3.22. The lowest BCUT2D eigenvalue weighted by molar-refractivity contribution is 0.101. The summed E-state index contributed by atoms with van der Waals surface area (Å²) in [6, 6.07) is 9.43. The van der Waals surface area contributed by atoms with Gasteiger partial charge >= 0.3 is 0 Å². The molecule has 0 bridgehead atoms. The van der Waals surface area contributed by atoms with Gasteiger partial charge in [0.05, 0.1) is 12.3 Å². The van der Waals surface area contributed by atoms with E-state index < -0.39 is 0 Å². The first-order valence-corrected chi connectivity index (χ1v) is 6.88. The van der Waals surface area contributed by atoms with Crippen LogP contribution in [0.5, 0.6) is 0 Å². The number of nitrogen functional groups attached to an aromatic ring is 1. The molecule has 0 saturated carbocycles. The molecule has 3 N–H and O–H groups in total. The lowest BCUT2D eigenvalue weighted by Gasteiger charge is -2.14. The summed E-state index contributed by atoms with van der Waals surface area (Å²) in [7, 11) is 1.63. The molecule has 21 heavy (non-hydrogen) atoms. The van der Waals surface area contributed by atoms with Gasteiger partial charge in [-0.3, -0.25) is 4.79 Å². The van der Waals surface area contributed by atoms with Crippen LogP contribution in [0.4, 0.5) is 11.4 Å². The number of para-hydroxylation sites is 1. The summed E-state index contributed by atoms with van der Waals surface area (Å²) in [5.74, 6) is -0.177. The van der Waals surface area contributed by atoms with Gasteiger partial charge < -0.3 is 20.4 Å². The fraction of sp³-hybridized carbons (Fsp3) is 0.312. The number of ether oxygens (including phenoxy) is 1. The molecule has 0 fully saturated rings. The Labute approximate surface area is 124 Å². The van der Waals surface area contributed by atoms with Crippen molar-refractivity contribution in [2.24, 2.45) is 0 Å². The average Bonchev–Trinajstić information content (AvgIpc) is 2.84. The first-order valence-electron chi connectivity index (χ1n) is 6.88. The molecular formula is C16H21N3O2. The van der Waals surface area contributed by atoms with E-state index in [1.807, 2.05) is 42.7 Å². The Morgan fingerprint density at radius 3 is 2.76 bits per heavy atom. The Morgan fingerprint density at radius 1 is 1.38 bits per heavy atom. The summed E-state index contributed by atoms with van der Waals surface area (Å²) in [4.78, 5) is 12.5. The van der Waals surface area contributed by atoms with E-state index in [0.29, 0.717) is 18.0 Å². The van der Waals surface area contributed by atoms with Crippen LogP contribution in [0.1, 0.15) is 35.9 Å². The van der Waals surface area contributed by atoms with Gasteiger partial charge in [-0.1, -0.05) is 18.2 Å². The number of aromatic nitrogens is 1. The Hall–Kier alpha value is -2.27. The fourth-order valence-corrected chi connectivity index (χ4v) is 2.22. The minimum absolute atomic E-state index is 0.164. The normalized spacial score (nSPS) is 10.9. The third kappa shape index (κ3) is 3.44. The molecule has 0 unspecified atom stereocenters. The van der Waals surface area contributed by atoms with Crippen LogP contribution in [0.15, 0.2) is 36.5 Å². The number of carbonyl (C=O) groups is 1. The molecule has 1 aromatic heterocycles. The summed E-state index contributed by atoms with van der Waals surface area (Å²) in [6.45, 7) is 4.47. The number of carbonyl (C=O) groups excluding carboxylic acids is 1. The van der Waals surface area contributed by atoms with Crippen LogP contribution in [-0.4, -0.2) is 17.6 Å². The Morgan fingerprint density at radius 2 is 2.10 bits per heavy atom. The molecule has 0 spiro atoms. The van der Waals surface area contributed by atoms with Crippen molar-refractivity contribution in [1.29, 1.82) is 0 Å². The van der Waals surface area contributed by atoms with Gasteiger partial charge in [-0.05, 0) is 26.0 Å². The molecule has 0 saturated heterocycles. The van der Waals surface area contributed by atoms with Crippen LogP contribution in [-0.2, 0) is 11.3 Å². The molecule has 1 aromatic carbocycles. The van der Waals surface area contributed by atoms with Crippen molar-refractivity contribution in [3.63, 3.8) is 0 Å². The smallest absolute Gasteiger partial charge is 0.272 e. The van der Waals surface area contributed by atoms with Crippen molar-refractivity contribution in [2.75, 3.05) is 18.2 Å². The Kier molecular flexibility index (Phi) is 4.65. The number of nitrogens with one attached hydrogen (secondary N) is 1. The molecule has 112 valence electrons. The molecule has 2 aromatic rings. The van der Waals surface area contributed by atoms with Crippen molar-refractivity contribution in [3.05, 3.63) is 47.8 Å². The zero-order valence-electron chi connectivity index (χ0n) is 12.6. The highest BCUT2D eigenvalue weighted by molar-refractivity contribution is 6.04. The maximum atomic E-state index is 12.5. The maximum Gasteiger partial charge on any atom is 0.272 e. The molecule has 5 heteroatoms. The highest BCUT2D eigenvalue weighted by Crippen LogP contribution is 2.20. The molecule has 1 amide bonds. The zero-order valence-corrected chi connectivity index (χ0v) is 12.6. The lowest BCUT2D eigenvalue weighted by atomic mass is 10.2. The number of anilines is 2. The van der Waals surface area contributed by atoms with Gasteiger partial charge in [0.25, 0.3) is 5.91 Å². The van der Waals surface area contributed by atoms with Gasteiger partial charge in [0, 0.05) is 30.6 Å². The molecule has 0 radical (unpaired) electrons. The number of hydrogen-bond donors (Lipinski definition) is 2. The second-order valence-corrected chi connectivity index (χ2v) is 5.20. The van der Waals surface area contributed by atoms with Crippen LogP contribution in [0.2, 0.25) is 0 Å². The average molecular weight is 287 g/mol. The first-order chi connectivity index (χ1) is 10.0. The van der Waals surface area contributed by atoms with Gasteiger partial charge in [-0.15, -0.1) is 0 Å². The minimum Gasteiger partial charge on any atom is -0.397 e. The van der Waals surface area contributed by atoms with E-state index in [-0.39, 0.29) is 11.9 Å². The van der Waals surface area contributed by atoms with Gasteiger partial charge in [-0.2, -0.15) is 0 Å². The number of benzene rings is 1. The second-order valence-electron chi connectivity index (χ2n) is 5.20. The largest absolute Gasteiger partial charge is 0.397 e. The van der Waals surface area contributed by atoms with E-state index in [0.717, 1.165) is 11.3 Å². The van der Waals surface area contributed by atoms with Crippen molar-refractivity contribution >= 4 is 17.3 Å². The summed E-state index contributed by atoms with van der Waals surface area (Å²) in [6.07, 6.45) is 1.78. The SMILES string of the molecule is COCc1ccccc1NC(=O)c1cc(N)cn1C(C)C. The van der Waals surface area contributed by atoms with Crippen molar-refractivity contribution in [1.82, 2.24) is 4.57 Å². The number of methoxy groups -OCH3 is 1. The molecule has 0 aliphatic rings. The van der Waals surface area contributed by atoms with Gasteiger partial charge in [0.1, 0.15) is 5.69 Å². The zero-order chi connectivity index (χ0) is 15.4. The molecule has 5 nitrogen and oxygen atoms in total. The molecule has 0 aliphatic heterocycles. The van der Waals surface area contributed by atoms with Gasteiger partial charge in [0.15, 0.2) is 0 Å². The molecule has 0 aliphatic carbocycles. The summed E-state index contributed by atoms with van der Waals surface area (Å²) in [5.41, 5.74) is 8.62. The number of amides is 1. The molecule has 0 atom stereocenters. The van der Waals surface area contributed by atoms with E-state index in [4.69, 9.17) is 10.5 Å². The van der Waals surface area contributed by atoms with E-state index >= 15 is 0 Å². The summed E-state index contributed by atoms with van der Waals surface area (Å²) in [5, 5.41) is 2.92. The van der Waals surface area contributed by atoms with Crippen LogP contribution < -0.4 is 11.1 Å². The van der Waals surface area contributed by atoms with Gasteiger partial charge in [-0.25, -0.2) is 0 Å². The van der Waals surface area contributed by atoms with Crippen molar-refractivity contribution < 1.29 is 9.53 Å². The Bertz CT molecular complexity index is 632. The summed E-state index contributed by atoms with van der Waals surface area (Å²) >= 11 is 0. The third-order valence-corrected chi connectivity index (χ3v) is 3.22. The highest BCUT2D eigenvalue weighted by Gasteiger charge is 2.16. The van der Waals surface area contributed by atoms with E-state index in [2.05, 4.69) is 5.32 Å². The van der Waals surface area contributed by atoms with E-state index in [9.17, 15) is 4.79 Å². The lowest BCUT2D eigenvalue weighted by Crippen LogP contribution is -2.18. The summed E-state index contributed by atoms with van der Waals surface area (Å²) < 4.78 is 7.01. The molecule has 2 rings (SSSR count). The predicted molar refractivity (Wildman–Crippen MR) is 84.3 cm³/mol. The second kappa shape index (κ2) is 6.45. The van der Waals surface area contributed by atoms with E-state index in [1.54, 1.807) is 19.4 Å². The van der Waals surface area contributed by atoms with Crippen molar-refractivity contribution in [3.8, 4) is 0 Å². The van der Waals surface area contributed by atoms with Gasteiger partial charge in [0.2, 0.25) is 0 Å². The first kappa shape index (κ1) is 15.1. The molecule has 1 heterocycles.